The summed E-state index contributed by atoms with van der Waals surface area (Å²) in [6.45, 7) is 4.61. The fraction of sp³-hybridized carbons (Fsp3) is 0.381. The Morgan fingerprint density at radius 2 is 1.73 bits per heavy atom. The summed E-state index contributed by atoms with van der Waals surface area (Å²) in [5, 5.41) is 19.6. The zero-order valence-electron chi connectivity index (χ0n) is 16.7. The lowest BCUT2D eigenvalue weighted by molar-refractivity contribution is -0.134. The molecule has 1 aliphatic rings. The number of hydrogen-bond donors (Lipinski definition) is 3. The topological polar surface area (TPSA) is 107 Å². The Labute approximate surface area is 186 Å². The van der Waals surface area contributed by atoms with Gasteiger partial charge in [-0.15, -0.1) is 6.58 Å². The summed E-state index contributed by atoms with van der Waals surface area (Å²) < 4.78 is 0. The minimum absolute atomic E-state index is 0.0949. The first-order chi connectivity index (χ1) is 14.1. The van der Waals surface area contributed by atoms with Crippen molar-refractivity contribution in [1.29, 1.82) is 0 Å². The van der Waals surface area contributed by atoms with Crippen LogP contribution in [0.25, 0.3) is 0 Å². The van der Waals surface area contributed by atoms with Gasteiger partial charge in [0.2, 0.25) is 0 Å². The van der Waals surface area contributed by atoms with Gasteiger partial charge in [-0.1, -0.05) is 42.1 Å². The van der Waals surface area contributed by atoms with Crippen LogP contribution in [-0.4, -0.2) is 58.6 Å². The summed E-state index contributed by atoms with van der Waals surface area (Å²) in [5.41, 5.74) is 0.546. The van der Waals surface area contributed by atoms with Crippen LogP contribution in [0.5, 0.6) is 0 Å². The van der Waals surface area contributed by atoms with Crippen LogP contribution in [0.2, 0.25) is 10.0 Å². The quantitative estimate of drug-likeness (QED) is 0.424. The maximum Gasteiger partial charge on any atom is 0.328 e. The molecular formula is C21H26Cl2N2O5. The first-order valence-corrected chi connectivity index (χ1v) is 10.1. The van der Waals surface area contributed by atoms with E-state index in [-0.39, 0.29) is 11.9 Å². The van der Waals surface area contributed by atoms with Gasteiger partial charge in [0.25, 0.3) is 5.91 Å². The molecule has 0 aliphatic heterocycles. The molecule has 1 aromatic rings. The summed E-state index contributed by atoms with van der Waals surface area (Å²) in [7, 11) is 2.08. The third kappa shape index (κ3) is 8.98. The third-order valence-corrected chi connectivity index (χ3v) is 5.32. The third-order valence-electron chi connectivity index (χ3n) is 4.58. The van der Waals surface area contributed by atoms with Gasteiger partial charge in [-0.25, -0.2) is 9.59 Å². The van der Waals surface area contributed by atoms with E-state index in [1.54, 1.807) is 18.2 Å². The van der Waals surface area contributed by atoms with Crippen molar-refractivity contribution < 1.29 is 24.6 Å². The molecule has 30 heavy (non-hydrogen) atoms. The van der Waals surface area contributed by atoms with Crippen LogP contribution in [0.3, 0.4) is 0 Å². The maximum absolute atomic E-state index is 12.5. The van der Waals surface area contributed by atoms with E-state index < -0.39 is 11.9 Å². The molecule has 164 valence electrons. The first-order valence-electron chi connectivity index (χ1n) is 9.36. The second-order valence-electron chi connectivity index (χ2n) is 6.80. The van der Waals surface area contributed by atoms with Gasteiger partial charge in [-0.2, -0.15) is 0 Å². The number of hydrogen-bond acceptors (Lipinski definition) is 4. The highest BCUT2D eigenvalue weighted by molar-refractivity contribution is 6.42. The van der Waals surface area contributed by atoms with Gasteiger partial charge >= 0.3 is 11.9 Å². The molecule has 0 bridgehead atoms. The van der Waals surface area contributed by atoms with Crippen molar-refractivity contribution in [3.63, 3.8) is 0 Å². The molecule has 2 rings (SSSR count). The minimum Gasteiger partial charge on any atom is -0.478 e. The van der Waals surface area contributed by atoms with Gasteiger partial charge in [0.1, 0.15) is 0 Å². The van der Waals surface area contributed by atoms with Gasteiger partial charge in [0.05, 0.1) is 10.0 Å². The van der Waals surface area contributed by atoms with Gasteiger partial charge in [-0.3, -0.25) is 9.69 Å². The standard InChI is InChI=1S/C17H22Cl2N2O.C4H4O4/c1-3-10-21(2)16-7-5-4-6-15(16)20-17(22)12-8-9-13(18)14(19)11-12;5-3(6)1-2-4(7)8/h3,8-9,11,15-16H,1,4-7,10H2,2H3,(H,20,22);1-2H,(H,5,6)(H,7,8)/t15-,16-;/m1./s1. The van der Waals surface area contributed by atoms with E-state index in [2.05, 4.69) is 23.8 Å². The van der Waals surface area contributed by atoms with Crippen LogP contribution in [0, 0.1) is 0 Å². The number of carbonyl (C=O) groups is 3. The van der Waals surface area contributed by atoms with E-state index in [9.17, 15) is 14.4 Å². The molecule has 0 aromatic heterocycles. The number of carboxylic acids is 2. The molecule has 0 unspecified atom stereocenters. The molecule has 1 fully saturated rings. The Hall–Kier alpha value is -2.35. The first kappa shape index (κ1) is 25.7. The monoisotopic (exact) mass is 456 g/mol. The van der Waals surface area contributed by atoms with E-state index in [4.69, 9.17) is 33.4 Å². The second kappa shape index (κ2) is 13.1. The van der Waals surface area contributed by atoms with Crippen molar-refractivity contribution in [2.75, 3.05) is 13.6 Å². The number of rotatable bonds is 7. The molecule has 9 heteroatoms. The molecule has 1 saturated carbocycles. The SMILES string of the molecule is C=CCN(C)[C@@H]1CCCC[C@H]1NC(=O)c1ccc(Cl)c(Cl)c1.O=C(O)C=CC(=O)O. The predicted molar refractivity (Wildman–Crippen MR) is 117 cm³/mol. The highest BCUT2D eigenvalue weighted by Crippen LogP contribution is 2.25. The van der Waals surface area contributed by atoms with E-state index >= 15 is 0 Å². The zero-order chi connectivity index (χ0) is 22.7. The Morgan fingerprint density at radius 3 is 2.27 bits per heavy atom. The van der Waals surface area contributed by atoms with Crippen LogP contribution in [0.1, 0.15) is 36.0 Å². The van der Waals surface area contributed by atoms with Crippen molar-refractivity contribution in [3.05, 3.63) is 58.6 Å². The zero-order valence-corrected chi connectivity index (χ0v) is 18.2. The van der Waals surface area contributed by atoms with Crippen molar-refractivity contribution in [2.24, 2.45) is 0 Å². The fourth-order valence-electron chi connectivity index (χ4n) is 3.18. The molecule has 0 heterocycles. The molecule has 0 radical (unpaired) electrons. The Balaban J connectivity index is 0.000000479. The summed E-state index contributed by atoms with van der Waals surface area (Å²) in [5.74, 6) is -2.61. The summed E-state index contributed by atoms with van der Waals surface area (Å²) in [4.78, 5) is 33.8. The molecule has 1 amide bonds. The van der Waals surface area contributed by atoms with Gasteiger partial charge in [0.15, 0.2) is 0 Å². The number of aliphatic carboxylic acids is 2. The van der Waals surface area contributed by atoms with Gasteiger partial charge < -0.3 is 15.5 Å². The smallest absolute Gasteiger partial charge is 0.328 e. The van der Waals surface area contributed by atoms with E-state index in [0.29, 0.717) is 33.8 Å². The molecule has 1 aromatic carbocycles. The molecule has 1 aliphatic carbocycles. The number of halogens is 2. The van der Waals surface area contributed by atoms with E-state index in [1.165, 1.54) is 6.42 Å². The molecule has 3 N–H and O–H groups in total. The highest BCUT2D eigenvalue weighted by Gasteiger charge is 2.29. The lowest BCUT2D eigenvalue weighted by atomic mass is 9.89. The van der Waals surface area contributed by atoms with Crippen LogP contribution < -0.4 is 5.32 Å². The number of likely N-dealkylation sites (N-methyl/N-ethyl adjacent to an activating group) is 1. The number of nitrogens with one attached hydrogen (secondary N) is 1. The normalized spacial score (nSPS) is 18.4. The lowest BCUT2D eigenvalue weighted by Crippen LogP contribution is -2.52. The summed E-state index contributed by atoms with van der Waals surface area (Å²) in [6, 6.07) is 5.47. The number of amides is 1. The van der Waals surface area contributed by atoms with Crippen LogP contribution >= 0.6 is 23.2 Å². The van der Waals surface area contributed by atoms with Crippen molar-refractivity contribution in [1.82, 2.24) is 10.2 Å². The number of carbonyl (C=O) groups excluding carboxylic acids is 1. The van der Waals surface area contributed by atoms with Crippen molar-refractivity contribution >= 4 is 41.0 Å². The van der Waals surface area contributed by atoms with E-state index in [1.807, 2.05) is 6.08 Å². The Kier molecular flexibility index (Phi) is 11.2. The Bertz CT molecular complexity index is 782. The number of nitrogens with zero attached hydrogens (tertiary/aromatic N) is 1. The fourth-order valence-corrected chi connectivity index (χ4v) is 3.48. The van der Waals surface area contributed by atoms with Crippen LogP contribution in [0.15, 0.2) is 43.0 Å². The lowest BCUT2D eigenvalue weighted by Gasteiger charge is -2.38. The van der Waals surface area contributed by atoms with Gasteiger partial charge in [0, 0.05) is 36.3 Å². The average Bonchev–Trinajstić information content (AvgIpc) is 2.69. The van der Waals surface area contributed by atoms with Crippen LogP contribution in [-0.2, 0) is 9.59 Å². The number of benzene rings is 1. The summed E-state index contributed by atoms with van der Waals surface area (Å²) in [6.07, 6.45) is 7.45. The van der Waals surface area contributed by atoms with Crippen LogP contribution in [0.4, 0.5) is 0 Å². The second-order valence-corrected chi connectivity index (χ2v) is 7.61. The molecule has 2 atom stereocenters. The maximum atomic E-state index is 12.5. The minimum atomic E-state index is -1.26. The van der Waals surface area contributed by atoms with E-state index in [0.717, 1.165) is 25.8 Å². The average molecular weight is 457 g/mol. The summed E-state index contributed by atoms with van der Waals surface area (Å²) >= 11 is 11.9. The molecule has 7 nitrogen and oxygen atoms in total. The number of carboxylic acid groups (broad SMARTS) is 2. The molecular weight excluding hydrogens is 431 g/mol. The van der Waals surface area contributed by atoms with Crippen molar-refractivity contribution in [2.45, 2.75) is 37.8 Å². The van der Waals surface area contributed by atoms with Gasteiger partial charge in [-0.05, 0) is 38.1 Å². The highest BCUT2D eigenvalue weighted by atomic mass is 35.5. The molecule has 0 saturated heterocycles. The Morgan fingerprint density at radius 1 is 1.13 bits per heavy atom. The predicted octanol–water partition coefficient (Wildman–Crippen LogP) is 3.86. The largest absolute Gasteiger partial charge is 0.478 e. The van der Waals surface area contributed by atoms with Crippen molar-refractivity contribution in [3.8, 4) is 0 Å². The molecule has 0 spiro atoms.